The minimum absolute atomic E-state index is 0.697. The third-order valence-electron chi connectivity index (χ3n) is 3.33. The van der Waals surface area contributed by atoms with Crippen LogP contribution in [-0.2, 0) is 0 Å². The molecule has 0 aromatic carbocycles. The Bertz CT molecular complexity index is 220. The number of nitrogens with one attached hydrogen (secondary N) is 1. The van der Waals surface area contributed by atoms with Gasteiger partial charge in [0.25, 0.3) is 0 Å². The van der Waals surface area contributed by atoms with E-state index in [1.165, 1.54) is 31.4 Å². The molecule has 0 aromatic heterocycles. The van der Waals surface area contributed by atoms with Crippen LogP contribution < -0.4 is 5.32 Å². The van der Waals surface area contributed by atoms with E-state index < -0.39 is 0 Å². The first-order valence-corrected chi connectivity index (χ1v) is 5.80. The van der Waals surface area contributed by atoms with E-state index in [0.29, 0.717) is 6.04 Å². The molecule has 2 fully saturated rings. The maximum absolute atomic E-state index is 3.93. The maximum atomic E-state index is 3.93. The molecule has 14 heavy (non-hydrogen) atoms. The fourth-order valence-corrected chi connectivity index (χ4v) is 2.44. The van der Waals surface area contributed by atoms with Crippen LogP contribution in [0.1, 0.15) is 33.1 Å². The maximum Gasteiger partial charge on any atom is 0.0213 e. The molecule has 1 saturated carbocycles. The van der Waals surface area contributed by atoms with Crippen LogP contribution >= 0.6 is 0 Å². The van der Waals surface area contributed by atoms with Crippen LogP contribution in [0.2, 0.25) is 0 Å². The number of hydrogen-bond acceptors (Lipinski definition) is 2. The average molecular weight is 194 g/mol. The highest BCUT2D eigenvalue weighted by Crippen LogP contribution is 2.33. The monoisotopic (exact) mass is 194 g/mol. The second-order valence-electron chi connectivity index (χ2n) is 5.05. The van der Waals surface area contributed by atoms with Crippen molar-refractivity contribution in [2.24, 2.45) is 0 Å². The second kappa shape index (κ2) is 4.03. The van der Waals surface area contributed by atoms with Crippen LogP contribution in [-0.4, -0.2) is 36.1 Å². The van der Waals surface area contributed by atoms with Crippen molar-refractivity contribution in [1.29, 1.82) is 0 Å². The lowest BCUT2D eigenvalue weighted by Crippen LogP contribution is -2.34. The SMILES string of the molecule is C=C(C)CNC1CC(C)N(C2CC2)C1. The molecule has 2 unspecified atom stereocenters. The molecule has 2 atom stereocenters. The van der Waals surface area contributed by atoms with Crippen LogP contribution in [0.5, 0.6) is 0 Å². The zero-order valence-corrected chi connectivity index (χ0v) is 9.42. The van der Waals surface area contributed by atoms with Crippen molar-refractivity contribution in [3.8, 4) is 0 Å². The Morgan fingerprint density at radius 1 is 1.50 bits per heavy atom. The van der Waals surface area contributed by atoms with Gasteiger partial charge in [-0.2, -0.15) is 0 Å². The lowest BCUT2D eigenvalue weighted by Gasteiger charge is -2.19. The molecule has 0 bridgehead atoms. The van der Waals surface area contributed by atoms with Gasteiger partial charge in [0.15, 0.2) is 0 Å². The van der Waals surface area contributed by atoms with Gasteiger partial charge in [-0.25, -0.2) is 0 Å². The number of rotatable bonds is 4. The lowest BCUT2D eigenvalue weighted by molar-refractivity contribution is 0.255. The van der Waals surface area contributed by atoms with E-state index in [4.69, 9.17) is 0 Å². The van der Waals surface area contributed by atoms with Crippen molar-refractivity contribution in [2.45, 2.75) is 51.2 Å². The Labute approximate surface area is 87.4 Å². The van der Waals surface area contributed by atoms with Crippen LogP contribution in [0, 0.1) is 0 Å². The lowest BCUT2D eigenvalue weighted by atomic mass is 10.2. The molecular formula is C12H22N2. The van der Waals surface area contributed by atoms with Crippen molar-refractivity contribution in [3.05, 3.63) is 12.2 Å². The van der Waals surface area contributed by atoms with E-state index in [-0.39, 0.29) is 0 Å². The fourth-order valence-electron chi connectivity index (χ4n) is 2.44. The van der Waals surface area contributed by atoms with Crippen LogP contribution in [0.3, 0.4) is 0 Å². The highest BCUT2D eigenvalue weighted by atomic mass is 15.3. The highest BCUT2D eigenvalue weighted by Gasteiger charge is 2.38. The Morgan fingerprint density at radius 2 is 2.21 bits per heavy atom. The van der Waals surface area contributed by atoms with Gasteiger partial charge in [0.05, 0.1) is 0 Å². The van der Waals surface area contributed by atoms with Crippen LogP contribution in [0.25, 0.3) is 0 Å². The molecule has 1 aliphatic heterocycles. The first-order chi connectivity index (χ1) is 6.66. The first-order valence-electron chi connectivity index (χ1n) is 5.80. The summed E-state index contributed by atoms with van der Waals surface area (Å²) in [6.07, 6.45) is 4.17. The van der Waals surface area contributed by atoms with Gasteiger partial charge in [0.2, 0.25) is 0 Å². The van der Waals surface area contributed by atoms with E-state index in [1.54, 1.807) is 0 Å². The Hall–Kier alpha value is -0.340. The molecule has 0 aromatic rings. The largest absolute Gasteiger partial charge is 0.309 e. The summed E-state index contributed by atoms with van der Waals surface area (Å²) in [5.74, 6) is 0. The van der Waals surface area contributed by atoms with Crippen molar-refractivity contribution in [2.75, 3.05) is 13.1 Å². The molecule has 2 rings (SSSR count). The van der Waals surface area contributed by atoms with E-state index >= 15 is 0 Å². The summed E-state index contributed by atoms with van der Waals surface area (Å²) in [7, 11) is 0. The number of nitrogens with zero attached hydrogens (tertiary/aromatic N) is 1. The van der Waals surface area contributed by atoms with Gasteiger partial charge < -0.3 is 5.32 Å². The van der Waals surface area contributed by atoms with Gasteiger partial charge in [0.1, 0.15) is 0 Å². The summed E-state index contributed by atoms with van der Waals surface area (Å²) in [6, 6.07) is 2.40. The van der Waals surface area contributed by atoms with Crippen LogP contribution in [0.4, 0.5) is 0 Å². The zero-order chi connectivity index (χ0) is 10.1. The second-order valence-corrected chi connectivity index (χ2v) is 5.05. The van der Waals surface area contributed by atoms with Gasteiger partial charge in [-0.1, -0.05) is 12.2 Å². The Balaban J connectivity index is 1.77. The zero-order valence-electron chi connectivity index (χ0n) is 9.42. The van der Waals surface area contributed by atoms with Crippen molar-refractivity contribution in [3.63, 3.8) is 0 Å². The van der Waals surface area contributed by atoms with Gasteiger partial charge in [0, 0.05) is 31.2 Å². The standard InChI is InChI=1S/C12H22N2/c1-9(2)7-13-11-6-10(3)14(8-11)12-4-5-12/h10-13H,1,4-8H2,2-3H3. The third kappa shape index (κ3) is 2.37. The Kier molecular flexibility index (Phi) is 2.93. The Morgan fingerprint density at radius 3 is 2.79 bits per heavy atom. The summed E-state index contributed by atoms with van der Waals surface area (Å²) in [5, 5.41) is 3.58. The fraction of sp³-hybridized carbons (Fsp3) is 0.833. The molecule has 1 N–H and O–H groups in total. The molecule has 0 spiro atoms. The van der Waals surface area contributed by atoms with Crippen molar-refractivity contribution >= 4 is 0 Å². The molecule has 1 heterocycles. The molecule has 1 aliphatic carbocycles. The third-order valence-corrected chi connectivity index (χ3v) is 3.33. The topological polar surface area (TPSA) is 15.3 Å². The highest BCUT2D eigenvalue weighted by molar-refractivity contribution is 4.98. The number of hydrogen-bond donors (Lipinski definition) is 1. The molecule has 2 heteroatoms. The minimum atomic E-state index is 0.697. The first kappa shape index (κ1) is 10.2. The predicted molar refractivity (Wildman–Crippen MR) is 60.4 cm³/mol. The smallest absolute Gasteiger partial charge is 0.0213 e. The molecule has 1 saturated heterocycles. The molecule has 0 radical (unpaired) electrons. The van der Waals surface area contributed by atoms with E-state index in [1.807, 2.05) is 0 Å². The van der Waals surface area contributed by atoms with Gasteiger partial charge in [-0.15, -0.1) is 0 Å². The van der Waals surface area contributed by atoms with Gasteiger partial charge in [-0.3, -0.25) is 4.90 Å². The van der Waals surface area contributed by atoms with E-state index in [2.05, 4.69) is 30.6 Å². The molecule has 0 amide bonds. The molecule has 2 aliphatic rings. The molecule has 2 nitrogen and oxygen atoms in total. The summed E-state index contributed by atoms with van der Waals surface area (Å²) < 4.78 is 0. The summed E-state index contributed by atoms with van der Waals surface area (Å²) in [5.41, 5.74) is 1.24. The van der Waals surface area contributed by atoms with E-state index in [0.717, 1.165) is 18.6 Å². The molecular weight excluding hydrogens is 172 g/mol. The van der Waals surface area contributed by atoms with Gasteiger partial charge >= 0.3 is 0 Å². The van der Waals surface area contributed by atoms with Crippen molar-refractivity contribution in [1.82, 2.24) is 10.2 Å². The quantitative estimate of drug-likeness (QED) is 0.686. The van der Waals surface area contributed by atoms with Crippen LogP contribution in [0.15, 0.2) is 12.2 Å². The summed E-state index contributed by atoms with van der Waals surface area (Å²) >= 11 is 0. The summed E-state index contributed by atoms with van der Waals surface area (Å²) in [4.78, 5) is 2.68. The molecule has 80 valence electrons. The average Bonchev–Trinajstić information content (AvgIpc) is 2.88. The minimum Gasteiger partial charge on any atom is -0.309 e. The predicted octanol–water partition coefficient (Wildman–Crippen LogP) is 1.78. The van der Waals surface area contributed by atoms with E-state index in [9.17, 15) is 0 Å². The number of likely N-dealkylation sites (tertiary alicyclic amines) is 1. The normalized spacial score (nSPS) is 33.6. The van der Waals surface area contributed by atoms with Crippen molar-refractivity contribution < 1.29 is 0 Å². The van der Waals surface area contributed by atoms with Gasteiger partial charge in [-0.05, 0) is 33.1 Å². The summed E-state index contributed by atoms with van der Waals surface area (Å²) in [6.45, 7) is 10.6.